The summed E-state index contributed by atoms with van der Waals surface area (Å²) in [6, 6.07) is 8.92. The van der Waals surface area contributed by atoms with Crippen molar-refractivity contribution in [2.45, 2.75) is 45.9 Å². The Bertz CT molecular complexity index is 447. The zero-order valence-corrected chi connectivity index (χ0v) is 13.5. The smallest absolute Gasteiger partial charge is 0.228 e. The van der Waals surface area contributed by atoms with Crippen molar-refractivity contribution in [1.29, 1.82) is 0 Å². The van der Waals surface area contributed by atoms with Gasteiger partial charge in [0.15, 0.2) is 0 Å². The molecule has 0 aliphatic carbocycles. The van der Waals surface area contributed by atoms with Crippen LogP contribution in [-0.2, 0) is 4.79 Å². The van der Waals surface area contributed by atoms with Crippen LogP contribution in [0.25, 0.3) is 0 Å². The monoisotopic (exact) mass is 293 g/mol. The van der Waals surface area contributed by atoms with Gasteiger partial charge in [-0.3, -0.25) is 4.79 Å². The zero-order valence-electron chi connectivity index (χ0n) is 13.5. The van der Waals surface area contributed by atoms with Crippen molar-refractivity contribution >= 4 is 5.91 Å². The lowest BCUT2D eigenvalue weighted by molar-refractivity contribution is -0.142. The highest BCUT2D eigenvalue weighted by molar-refractivity contribution is 5.79. The number of aliphatic hydroxyl groups excluding tert-OH is 2. The molecule has 1 amide bonds. The molecule has 0 aliphatic rings. The average Bonchev–Trinajstić information content (AvgIpc) is 2.51. The van der Waals surface area contributed by atoms with Gasteiger partial charge in [-0.25, -0.2) is 0 Å². The molecule has 0 aliphatic heterocycles. The molecule has 0 saturated heterocycles. The normalized spacial score (nSPS) is 17.1. The summed E-state index contributed by atoms with van der Waals surface area (Å²) in [5.41, 5.74) is 0.779. The van der Waals surface area contributed by atoms with E-state index in [9.17, 15) is 15.0 Å². The van der Waals surface area contributed by atoms with Gasteiger partial charge in [0.05, 0.1) is 24.2 Å². The minimum Gasteiger partial charge on any atom is -0.392 e. The molecule has 118 valence electrons. The van der Waals surface area contributed by atoms with Crippen LogP contribution in [0.4, 0.5) is 0 Å². The molecule has 4 heteroatoms. The first-order chi connectivity index (χ1) is 9.77. The van der Waals surface area contributed by atoms with E-state index >= 15 is 0 Å². The Morgan fingerprint density at radius 1 is 1.05 bits per heavy atom. The van der Waals surface area contributed by atoms with Crippen LogP contribution in [0.2, 0.25) is 0 Å². The first kappa shape index (κ1) is 17.7. The molecular formula is C17H27NO3. The highest BCUT2D eigenvalue weighted by Gasteiger charge is 2.31. The van der Waals surface area contributed by atoms with Crippen molar-refractivity contribution in [2.24, 2.45) is 11.8 Å². The molecule has 4 nitrogen and oxygen atoms in total. The van der Waals surface area contributed by atoms with E-state index in [-0.39, 0.29) is 17.9 Å². The van der Waals surface area contributed by atoms with E-state index in [4.69, 9.17) is 0 Å². The second-order valence-electron chi connectivity index (χ2n) is 6.07. The van der Waals surface area contributed by atoms with Crippen molar-refractivity contribution in [3.8, 4) is 0 Å². The van der Waals surface area contributed by atoms with Gasteiger partial charge in [-0.2, -0.15) is 0 Å². The summed E-state index contributed by atoms with van der Waals surface area (Å²) < 4.78 is 0. The molecule has 4 atom stereocenters. The fourth-order valence-corrected chi connectivity index (χ4v) is 2.39. The maximum absolute atomic E-state index is 12.4. The summed E-state index contributed by atoms with van der Waals surface area (Å²) in [5, 5.41) is 20.4. The molecule has 1 rings (SSSR count). The number of nitrogens with zero attached hydrogens (tertiary/aromatic N) is 1. The number of carbonyl (C=O) groups excluding carboxylic acids is 1. The number of hydrogen-bond donors (Lipinski definition) is 2. The highest BCUT2D eigenvalue weighted by atomic mass is 16.3. The topological polar surface area (TPSA) is 60.8 Å². The molecule has 0 aromatic heterocycles. The predicted molar refractivity (Wildman–Crippen MR) is 83.6 cm³/mol. The molecule has 0 saturated carbocycles. The molecule has 0 bridgehead atoms. The summed E-state index contributed by atoms with van der Waals surface area (Å²) in [6.45, 7) is 7.31. The number of benzene rings is 1. The van der Waals surface area contributed by atoms with Gasteiger partial charge in [-0.15, -0.1) is 0 Å². The van der Waals surface area contributed by atoms with E-state index in [0.29, 0.717) is 0 Å². The lowest BCUT2D eigenvalue weighted by Crippen LogP contribution is -2.45. The third kappa shape index (κ3) is 4.29. The van der Waals surface area contributed by atoms with Crippen LogP contribution in [0.3, 0.4) is 0 Å². The van der Waals surface area contributed by atoms with Gasteiger partial charge in [0.1, 0.15) is 0 Å². The van der Waals surface area contributed by atoms with Crippen LogP contribution in [0.5, 0.6) is 0 Å². The molecule has 0 unspecified atom stereocenters. The van der Waals surface area contributed by atoms with Gasteiger partial charge >= 0.3 is 0 Å². The van der Waals surface area contributed by atoms with E-state index in [1.165, 1.54) is 4.90 Å². The van der Waals surface area contributed by atoms with Crippen LogP contribution in [0.15, 0.2) is 30.3 Å². The number of amides is 1. The lowest BCUT2D eigenvalue weighted by atomic mass is 9.93. The third-order valence-corrected chi connectivity index (χ3v) is 4.14. The van der Waals surface area contributed by atoms with Gasteiger partial charge < -0.3 is 15.1 Å². The lowest BCUT2D eigenvalue weighted by Gasteiger charge is -2.33. The van der Waals surface area contributed by atoms with Crippen LogP contribution >= 0.6 is 0 Å². The van der Waals surface area contributed by atoms with Gasteiger partial charge in [0.2, 0.25) is 5.91 Å². The highest BCUT2D eigenvalue weighted by Crippen LogP contribution is 2.22. The third-order valence-electron chi connectivity index (χ3n) is 4.14. The van der Waals surface area contributed by atoms with Crippen molar-refractivity contribution in [3.05, 3.63) is 35.9 Å². The predicted octanol–water partition coefficient (Wildman–Crippen LogP) is 2.22. The van der Waals surface area contributed by atoms with E-state index < -0.39 is 18.1 Å². The van der Waals surface area contributed by atoms with Gasteiger partial charge in [0, 0.05) is 7.05 Å². The van der Waals surface area contributed by atoms with Crippen molar-refractivity contribution in [3.63, 3.8) is 0 Å². The Hall–Kier alpha value is -1.39. The molecule has 1 aromatic carbocycles. The fourth-order valence-electron chi connectivity index (χ4n) is 2.39. The van der Waals surface area contributed by atoms with Crippen molar-refractivity contribution in [2.75, 3.05) is 7.05 Å². The number of rotatable bonds is 6. The van der Waals surface area contributed by atoms with E-state index in [0.717, 1.165) is 5.56 Å². The van der Waals surface area contributed by atoms with Gasteiger partial charge in [-0.05, 0) is 18.4 Å². The van der Waals surface area contributed by atoms with Crippen LogP contribution < -0.4 is 0 Å². The van der Waals surface area contributed by atoms with E-state index in [1.807, 2.05) is 51.1 Å². The summed E-state index contributed by atoms with van der Waals surface area (Å²) in [4.78, 5) is 13.9. The molecule has 0 fully saturated rings. The molecule has 21 heavy (non-hydrogen) atoms. The van der Waals surface area contributed by atoms with E-state index in [2.05, 4.69) is 0 Å². The van der Waals surface area contributed by atoms with Crippen LogP contribution in [0, 0.1) is 11.8 Å². The Balaban J connectivity index is 2.78. The molecule has 2 N–H and O–H groups in total. The minimum atomic E-state index is -0.747. The molecule has 1 aromatic rings. The fraction of sp³-hybridized carbons (Fsp3) is 0.588. The Labute approximate surface area is 127 Å². The minimum absolute atomic E-state index is 0.0201. The summed E-state index contributed by atoms with van der Waals surface area (Å²) >= 11 is 0. The maximum atomic E-state index is 12.4. The largest absolute Gasteiger partial charge is 0.392 e. The van der Waals surface area contributed by atoms with Crippen LogP contribution in [-0.4, -0.2) is 40.2 Å². The van der Waals surface area contributed by atoms with Crippen molar-refractivity contribution < 1.29 is 15.0 Å². The molecule has 0 radical (unpaired) electrons. The zero-order chi connectivity index (χ0) is 16.2. The molecule has 0 spiro atoms. The Morgan fingerprint density at radius 2 is 1.57 bits per heavy atom. The second kappa shape index (κ2) is 7.57. The summed E-state index contributed by atoms with van der Waals surface area (Å²) in [5.74, 6) is -0.620. The molecule has 0 heterocycles. The second-order valence-corrected chi connectivity index (χ2v) is 6.07. The quantitative estimate of drug-likeness (QED) is 0.845. The first-order valence-electron chi connectivity index (χ1n) is 7.45. The number of aliphatic hydroxyl groups is 2. The van der Waals surface area contributed by atoms with E-state index in [1.54, 1.807) is 14.0 Å². The van der Waals surface area contributed by atoms with Crippen molar-refractivity contribution in [1.82, 2.24) is 4.90 Å². The SMILES string of the molecule is CC(C)[C@@H](O)[C@@H](C)C(=O)N(C)[C@@H](C)[C@@H](O)c1ccccc1. The first-order valence-corrected chi connectivity index (χ1v) is 7.45. The Kier molecular flexibility index (Phi) is 6.37. The molecular weight excluding hydrogens is 266 g/mol. The maximum Gasteiger partial charge on any atom is 0.228 e. The average molecular weight is 293 g/mol. The van der Waals surface area contributed by atoms with Gasteiger partial charge in [0.25, 0.3) is 0 Å². The number of likely N-dealkylation sites (N-methyl/N-ethyl adjacent to an activating group) is 1. The summed E-state index contributed by atoms with van der Waals surface area (Å²) in [7, 11) is 1.67. The number of carbonyl (C=O) groups is 1. The number of hydrogen-bond acceptors (Lipinski definition) is 3. The standard InChI is InChI=1S/C17H27NO3/c1-11(2)15(19)12(3)17(21)18(5)13(4)16(20)14-9-7-6-8-10-14/h6-13,15-16,19-20H,1-5H3/t12-,13+,15-,16-/m1/s1. The van der Waals surface area contributed by atoms with Crippen LogP contribution in [0.1, 0.15) is 39.4 Å². The Morgan fingerprint density at radius 3 is 2.05 bits per heavy atom. The van der Waals surface area contributed by atoms with Gasteiger partial charge in [-0.1, -0.05) is 51.1 Å². The summed E-state index contributed by atoms with van der Waals surface area (Å²) in [6.07, 6.45) is -1.43.